The molecule has 1 aromatic heterocycles. The molecule has 0 spiro atoms. The van der Waals surface area contributed by atoms with E-state index < -0.39 is 0 Å². The van der Waals surface area contributed by atoms with Crippen LogP contribution in [0.2, 0.25) is 0 Å². The minimum atomic E-state index is -0.0591. The predicted molar refractivity (Wildman–Crippen MR) is 109 cm³/mol. The molecular weight excluding hydrogens is 334 g/mol. The first-order valence-corrected chi connectivity index (χ1v) is 10.0. The van der Waals surface area contributed by atoms with Crippen molar-refractivity contribution in [1.29, 1.82) is 0 Å². The van der Waals surface area contributed by atoms with Crippen LogP contribution in [0.25, 0.3) is 10.9 Å². The second-order valence-corrected chi connectivity index (χ2v) is 7.84. The Bertz CT molecular complexity index is 986. The molecule has 5 rings (SSSR count). The van der Waals surface area contributed by atoms with E-state index in [0.717, 1.165) is 42.0 Å². The number of hydrogen-bond acceptors (Lipinski definition) is 2. The van der Waals surface area contributed by atoms with Gasteiger partial charge in [-0.2, -0.15) is 0 Å². The number of hydrogen-bond donors (Lipinski definition) is 2. The van der Waals surface area contributed by atoms with Crippen LogP contribution in [-0.4, -0.2) is 34.9 Å². The lowest BCUT2D eigenvalue weighted by atomic mass is 9.91. The predicted octanol–water partition coefficient (Wildman–Crippen LogP) is 4.37. The highest BCUT2D eigenvalue weighted by atomic mass is 16.1. The van der Waals surface area contributed by atoms with Crippen LogP contribution in [0.1, 0.15) is 40.7 Å². The van der Waals surface area contributed by atoms with Gasteiger partial charge in [0.05, 0.1) is 0 Å². The summed E-state index contributed by atoms with van der Waals surface area (Å²) in [5, 5.41) is 4.19. The van der Waals surface area contributed by atoms with Crippen molar-refractivity contribution < 1.29 is 4.79 Å². The number of amides is 1. The Morgan fingerprint density at radius 1 is 1.00 bits per heavy atom. The van der Waals surface area contributed by atoms with E-state index in [1.807, 2.05) is 36.5 Å². The average molecular weight is 359 g/mol. The molecule has 1 fully saturated rings. The first-order chi connectivity index (χ1) is 13.3. The molecule has 27 heavy (non-hydrogen) atoms. The van der Waals surface area contributed by atoms with Gasteiger partial charge < -0.3 is 10.3 Å². The number of carbonyl (C=O) groups is 1. The summed E-state index contributed by atoms with van der Waals surface area (Å²) in [6, 6.07) is 15.0. The largest absolute Gasteiger partial charge is 0.361 e. The molecule has 1 amide bonds. The Morgan fingerprint density at radius 2 is 1.85 bits per heavy atom. The highest BCUT2D eigenvalue weighted by Crippen LogP contribution is 2.28. The number of carbonyl (C=O) groups excluding carboxylic acids is 1. The molecular formula is C23H25N3O. The number of rotatable bonds is 3. The number of benzene rings is 2. The zero-order valence-electron chi connectivity index (χ0n) is 15.5. The summed E-state index contributed by atoms with van der Waals surface area (Å²) >= 11 is 0. The van der Waals surface area contributed by atoms with Crippen molar-refractivity contribution in [2.45, 2.75) is 38.1 Å². The molecule has 3 aromatic rings. The van der Waals surface area contributed by atoms with Crippen LogP contribution in [0.15, 0.2) is 48.7 Å². The molecule has 1 saturated carbocycles. The maximum atomic E-state index is 12.7. The fourth-order valence-corrected chi connectivity index (χ4v) is 4.33. The van der Waals surface area contributed by atoms with E-state index in [0.29, 0.717) is 5.56 Å². The van der Waals surface area contributed by atoms with Gasteiger partial charge >= 0.3 is 0 Å². The van der Waals surface area contributed by atoms with Crippen molar-refractivity contribution in [3.63, 3.8) is 0 Å². The monoisotopic (exact) mass is 359 g/mol. The summed E-state index contributed by atoms with van der Waals surface area (Å²) in [6.45, 7) is 2.30. The van der Waals surface area contributed by atoms with Crippen molar-refractivity contribution in [3.05, 3.63) is 65.4 Å². The van der Waals surface area contributed by atoms with Gasteiger partial charge in [0.15, 0.2) is 0 Å². The molecule has 2 N–H and O–H groups in total. The van der Waals surface area contributed by atoms with Crippen LogP contribution in [-0.2, 0) is 12.8 Å². The summed E-state index contributed by atoms with van der Waals surface area (Å²) in [7, 11) is 0. The highest BCUT2D eigenvalue weighted by molar-refractivity contribution is 6.06. The Morgan fingerprint density at radius 3 is 2.67 bits per heavy atom. The lowest BCUT2D eigenvalue weighted by Gasteiger charge is -2.36. The minimum absolute atomic E-state index is 0.0591. The second-order valence-electron chi connectivity index (χ2n) is 7.84. The third kappa shape index (κ3) is 3.26. The van der Waals surface area contributed by atoms with Gasteiger partial charge in [0.1, 0.15) is 0 Å². The number of aromatic amines is 1. The Labute approximate surface area is 159 Å². The standard InChI is InChI=1S/C23H25N3O/c27-23(19-5-4-17-8-11-24-22(17)15-19)25-20-7-6-16-9-12-26(21-2-1-3-21)13-10-18(16)14-20/h4-8,11,14-15,21,24H,1-3,9-10,12-13H2,(H,25,27). The summed E-state index contributed by atoms with van der Waals surface area (Å²) < 4.78 is 0. The van der Waals surface area contributed by atoms with Gasteiger partial charge in [-0.25, -0.2) is 0 Å². The SMILES string of the molecule is O=C(Nc1ccc2c(c1)CCN(C1CCC1)CC2)c1ccc2cc[nH]c2c1. The molecule has 0 radical (unpaired) electrons. The lowest BCUT2D eigenvalue weighted by molar-refractivity contribution is 0.102. The van der Waals surface area contributed by atoms with Gasteiger partial charge in [-0.15, -0.1) is 0 Å². The summed E-state index contributed by atoms with van der Waals surface area (Å²) in [5.41, 5.74) is 5.37. The molecule has 4 nitrogen and oxygen atoms in total. The molecule has 2 heterocycles. The van der Waals surface area contributed by atoms with Crippen LogP contribution in [0, 0.1) is 0 Å². The lowest BCUT2D eigenvalue weighted by Crippen LogP contribution is -2.41. The third-order valence-electron chi connectivity index (χ3n) is 6.21. The van der Waals surface area contributed by atoms with Crippen molar-refractivity contribution in [3.8, 4) is 0 Å². The Hall–Kier alpha value is -2.59. The van der Waals surface area contributed by atoms with Crippen LogP contribution in [0.3, 0.4) is 0 Å². The molecule has 0 saturated heterocycles. The Balaban J connectivity index is 1.31. The van der Waals surface area contributed by atoms with E-state index in [9.17, 15) is 4.79 Å². The van der Waals surface area contributed by atoms with Gasteiger partial charge in [-0.3, -0.25) is 9.69 Å². The molecule has 2 aliphatic rings. The van der Waals surface area contributed by atoms with Crippen molar-refractivity contribution in [1.82, 2.24) is 9.88 Å². The first kappa shape index (κ1) is 16.6. The summed E-state index contributed by atoms with van der Waals surface area (Å²) in [6.07, 6.45) is 8.20. The zero-order chi connectivity index (χ0) is 18.2. The number of H-pyrrole nitrogens is 1. The van der Waals surface area contributed by atoms with Crippen molar-refractivity contribution in [2.75, 3.05) is 18.4 Å². The third-order valence-corrected chi connectivity index (χ3v) is 6.21. The van der Waals surface area contributed by atoms with E-state index >= 15 is 0 Å². The van der Waals surface area contributed by atoms with E-state index in [4.69, 9.17) is 0 Å². The maximum Gasteiger partial charge on any atom is 0.255 e. The van der Waals surface area contributed by atoms with Crippen LogP contribution in [0.5, 0.6) is 0 Å². The second kappa shape index (κ2) is 6.86. The van der Waals surface area contributed by atoms with Crippen molar-refractivity contribution >= 4 is 22.5 Å². The topological polar surface area (TPSA) is 48.1 Å². The van der Waals surface area contributed by atoms with Gasteiger partial charge in [0.2, 0.25) is 0 Å². The number of fused-ring (bicyclic) bond motifs is 2. The van der Waals surface area contributed by atoms with Gasteiger partial charge in [-0.05, 0) is 72.5 Å². The minimum Gasteiger partial charge on any atom is -0.361 e. The molecule has 0 bridgehead atoms. The van der Waals surface area contributed by atoms with Gasteiger partial charge in [0, 0.05) is 42.1 Å². The first-order valence-electron chi connectivity index (χ1n) is 10.0. The number of aromatic nitrogens is 1. The normalized spacial score (nSPS) is 17.9. The highest BCUT2D eigenvalue weighted by Gasteiger charge is 2.26. The van der Waals surface area contributed by atoms with Crippen LogP contribution in [0.4, 0.5) is 5.69 Å². The van der Waals surface area contributed by atoms with E-state index in [1.165, 1.54) is 36.9 Å². The Kier molecular flexibility index (Phi) is 4.21. The summed E-state index contributed by atoms with van der Waals surface area (Å²) in [5.74, 6) is -0.0591. The van der Waals surface area contributed by atoms with E-state index in [-0.39, 0.29) is 5.91 Å². The van der Waals surface area contributed by atoms with Crippen molar-refractivity contribution in [2.24, 2.45) is 0 Å². The molecule has 1 aliphatic heterocycles. The average Bonchev–Trinajstić information content (AvgIpc) is 3.01. The smallest absolute Gasteiger partial charge is 0.255 e. The maximum absolute atomic E-state index is 12.7. The molecule has 0 atom stereocenters. The quantitative estimate of drug-likeness (QED) is 0.729. The fraction of sp³-hybridized carbons (Fsp3) is 0.348. The zero-order valence-corrected chi connectivity index (χ0v) is 15.5. The number of nitrogens with one attached hydrogen (secondary N) is 2. The number of nitrogens with zero attached hydrogens (tertiary/aromatic N) is 1. The molecule has 1 aliphatic carbocycles. The molecule has 138 valence electrons. The molecule has 4 heteroatoms. The van der Waals surface area contributed by atoms with Gasteiger partial charge in [-0.1, -0.05) is 18.6 Å². The molecule has 2 aromatic carbocycles. The summed E-state index contributed by atoms with van der Waals surface area (Å²) in [4.78, 5) is 18.5. The fourth-order valence-electron chi connectivity index (χ4n) is 4.33. The van der Waals surface area contributed by atoms with Gasteiger partial charge in [0.25, 0.3) is 5.91 Å². The number of anilines is 1. The van der Waals surface area contributed by atoms with E-state index in [1.54, 1.807) is 0 Å². The van der Waals surface area contributed by atoms with E-state index in [2.05, 4.69) is 27.3 Å². The molecule has 0 unspecified atom stereocenters. The van der Waals surface area contributed by atoms with Crippen LogP contribution < -0.4 is 5.32 Å². The van der Waals surface area contributed by atoms with Crippen LogP contribution >= 0.6 is 0 Å².